The van der Waals surface area contributed by atoms with Gasteiger partial charge in [0.25, 0.3) is 0 Å². The lowest BCUT2D eigenvalue weighted by Crippen LogP contribution is -2.36. The number of benzene rings is 8. The first-order valence-corrected chi connectivity index (χ1v) is 20.2. The van der Waals surface area contributed by atoms with Gasteiger partial charge < -0.3 is 10.1 Å². The Morgan fingerprint density at radius 3 is 1.66 bits per heavy atom. The predicted octanol–water partition coefficient (Wildman–Crippen LogP) is 13.3. The molecule has 4 nitrogen and oxygen atoms in total. The van der Waals surface area contributed by atoms with Crippen LogP contribution in [-0.4, -0.2) is 11.7 Å². The Bertz CT molecular complexity index is 3030. The van der Waals surface area contributed by atoms with Gasteiger partial charge in [-0.05, 0) is 93.9 Å². The topological polar surface area (TPSA) is 46.0 Å². The highest BCUT2D eigenvalue weighted by molar-refractivity contribution is 6.16. The van der Waals surface area contributed by atoms with E-state index in [1.165, 1.54) is 12.1 Å². The molecular weight excluding hydrogens is 764 g/mol. The van der Waals surface area contributed by atoms with Crippen LogP contribution in [0.1, 0.15) is 56.2 Å². The van der Waals surface area contributed by atoms with Crippen LogP contribution in [0, 0.1) is 6.92 Å². The van der Waals surface area contributed by atoms with Crippen LogP contribution < -0.4 is 10.1 Å². The predicted molar refractivity (Wildman–Crippen MR) is 236 cm³/mol. The van der Waals surface area contributed by atoms with Crippen LogP contribution in [0.4, 0.5) is 13.2 Å². The van der Waals surface area contributed by atoms with Gasteiger partial charge in [-0.25, -0.2) is 9.98 Å². The first-order valence-electron chi connectivity index (χ1n) is 20.2. The van der Waals surface area contributed by atoms with Gasteiger partial charge in [0.1, 0.15) is 23.2 Å². The number of rotatable bonds is 5. The highest BCUT2D eigenvalue weighted by atomic mass is 19.4. The number of nitrogens with zero attached hydrogens (tertiary/aromatic N) is 2. The van der Waals surface area contributed by atoms with Crippen LogP contribution in [0.25, 0.3) is 33.4 Å². The van der Waals surface area contributed by atoms with Crippen LogP contribution in [0.5, 0.6) is 11.5 Å². The van der Waals surface area contributed by atoms with E-state index >= 15 is 0 Å². The molecule has 1 aliphatic carbocycles. The molecule has 0 bridgehead atoms. The average molecular weight is 800 g/mol. The van der Waals surface area contributed by atoms with E-state index in [1.807, 2.05) is 73.7 Å². The molecule has 2 aliphatic heterocycles. The zero-order valence-electron chi connectivity index (χ0n) is 32.9. The van der Waals surface area contributed by atoms with Crippen LogP contribution >= 0.6 is 0 Å². The van der Waals surface area contributed by atoms with Gasteiger partial charge in [-0.2, -0.15) is 13.2 Å². The van der Waals surface area contributed by atoms with Crippen molar-refractivity contribution in [2.75, 3.05) is 0 Å². The van der Waals surface area contributed by atoms with Crippen LogP contribution in [-0.2, 0) is 11.6 Å². The Morgan fingerprint density at radius 2 is 1.02 bits per heavy atom. The summed E-state index contributed by atoms with van der Waals surface area (Å²) in [5.74, 6) is 2.89. The van der Waals surface area contributed by atoms with Crippen LogP contribution in [0.15, 0.2) is 198 Å². The molecule has 8 aromatic carbocycles. The van der Waals surface area contributed by atoms with Crippen molar-refractivity contribution in [1.82, 2.24) is 5.32 Å². The van der Waals surface area contributed by atoms with Crippen molar-refractivity contribution in [2.45, 2.75) is 24.7 Å². The molecule has 0 amide bonds. The van der Waals surface area contributed by atoms with E-state index in [2.05, 4.69) is 102 Å². The fourth-order valence-electron chi connectivity index (χ4n) is 9.32. The maximum Gasteiger partial charge on any atom is 0.416 e. The van der Waals surface area contributed by atoms with Crippen molar-refractivity contribution in [1.29, 1.82) is 0 Å². The normalized spacial score (nSPS) is 15.6. The number of alkyl halides is 3. The Balaban J connectivity index is 1.13. The van der Waals surface area contributed by atoms with E-state index in [9.17, 15) is 13.2 Å². The Kier molecular flexibility index (Phi) is 8.43. The second-order valence-corrected chi connectivity index (χ2v) is 15.7. The summed E-state index contributed by atoms with van der Waals surface area (Å²) >= 11 is 0. The van der Waals surface area contributed by atoms with E-state index in [0.29, 0.717) is 17.2 Å². The molecule has 11 rings (SSSR count). The number of amidine groups is 2. The number of para-hydroxylation sites is 2. The van der Waals surface area contributed by atoms with E-state index < -0.39 is 23.3 Å². The summed E-state index contributed by atoms with van der Waals surface area (Å²) in [5, 5.41) is 3.59. The summed E-state index contributed by atoms with van der Waals surface area (Å²) in [6.45, 7) is 2.04. The first-order chi connectivity index (χ1) is 29.8. The number of aliphatic imine (C=N–C) groups is 2. The lowest BCUT2D eigenvalue weighted by Gasteiger charge is -2.39. The van der Waals surface area contributed by atoms with Gasteiger partial charge in [-0.15, -0.1) is 0 Å². The SMILES string of the molecule is Cc1ccc(-c2cc(C3=NC(c4cccc5c4-c4ccccc4C54c5ccccc5Oc5ccccc54)N=C(c4ccccc4)N3)cc(-c3ccc(C(F)(F)F)cc3)c2)cc1. The molecule has 0 aromatic heterocycles. The standard InChI is InChI=1S/C54H36F3N3O/c1-33-22-24-34(25-23-33)37-30-38(35-26-28-40(29-27-35)54(55,56)57)32-39(31-37)51-58-50(36-12-3-2-4-13-36)59-52(60-51)42-15-11-19-46-49(42)41-14-5-6-16-43(41)53(46)44-17-7-9-20-47(44)61-48-21-10-8-18-45(48)53/h2-32,52H,1H3,(H,58,59,60). The molecular formula is C54H36F3N3O. The third-order valence-corrected chi connectivity index (χ3v) is 12.1. The maximum absolute atomic E-state index is 13.7. The molecule has 8 aromatic rings. The summed E-state index contributed by atoms with van der Waals surface area (Å²) in [6.07, 6.45) is -5.10. The zero-order valence-corrected chi connectivity index (χ0v) is 32.9. The number of nitrogens with one attached hydrogen (secondary N) is 1. The Morgan fingerprint density at radius 1 is 0.492 bits per heavy atom. The molecule has 61 heavy (non-hydrogen) atoms. The summed E-state index contributed by atoms with van der Waals surface area (Å²) in [5.41, 5.74) is 12.3. The summed E-state index contributed by atoms with van der Waals surface area (Å²) in [7, 11) is 0. The molecule has 7 heteroatoms. The number of hydrogen-bond acceptors (Lipinski definition) is 4. The third kappa shape index (κ3) is 5.99. The molecule has 3 aliphatic rings. The molecule has 0 radical (unpaired) electrons. The molecule has 0 fully saturated rings. The molecule has 2 heterocycles. The molecule has 294 valence electrons. The van der Waals surface area contributed by atoms with Gasteiger partial charge in [0.05, 0.1) is 11.0 Å². The number of ether oxygens (including phenoxy) is 1. The highest BCUT2D eigenvalue weighted by Gasteiger charge is 2.51. The summed E-state index contributed by atoms with van der Waals surface area (Å²) in [4.78, 5) is 10.8. The third-order valence-electron chi connectivity index (χ3n) is 12.1. The van der Waals surface area contributed by atoms with Gasteiger partial charge in [0.2, 0.25) is 0 Å². The molecule has 0 saturated carbocycles. The van der Waals surface area contributed by atoms with E-state index in [0.717, 1.165) is 96.0 Å². The second-order valence-electron chi connectivity index (χ2n) is 15.7. The number of fused-ring (bicyclic) bond motifs is 9. The molecule has 1 unspecified atom stereocenters. The van der Waals surface area contributed by atoms with Gasteiger partial charge in [-0.3, -0.25) is 0 Å². The lowest BCUT2D eigenvalue weighted by atomic mass is 9.66. The highest BCUT2D eigenvalue weighted by Crippen LogP contribution is 2.63. The minimum absolute atomic E-state index is 0.598. The van der Waals surface area contributed by atoms with Crippen LogP contribution in [0.3, 0.4) is 0 Å². The molecule has 0 saturated heterocycles. The minimum atomic E-state index is -4.44. The lowest BCUT2D eigenvalue weighted by molar-refractivity contribution is -0.137. The van der Waals surface area contributed by atoms with Crippen molar-refractivity contribution in [3.05, 3.63) is 238 Å². The van der Waals surface area contributed by atoms with Crippen molar-refractivity contribution < 1.29 is 17.9 Å². The van der Waals surface area contributed by atoms with Gasteiger partial charge in [0, 0.05) is 27.8 Å². The molecule has 1 N–H and O–H groups in total. The first kappa shape index (κ1) is 36.6. The second kappa shape index (κ2) is 14.1. The monoisotopic (exact) mass is 799 g/mol. The summed E-state index contributed by atoms with van der Waals surface area (Å²) < 4.78 is 47.6. The number of aryl methyl sites for hydroxylation is 1. The van der Waals surface area contributed by atoms with E-state index in [1.54, 1.807) is 0 Å². The van der Waals surface area contributed by atoms with E-state index in [4.69, 9.17) is 14.7 Å². The minimum Gasteiger partial charge on any atom is -0.457 e. The molecule has 1 spiro atoms. The number of halogens is 3. The fourth-order valence-corrected chi connectivity index (χ4v) is 9.32. The smallest absolute Gasteiger partial charge is 0.416 e. The largest absolute Gasteiger partial charge is 0.457 e. The average Bonchev–Trinajstić information content (AvgIpc) is 3.60. The van der Waals surface area contributed by atoms with Crippen LogP contribution in [0.2, 0.25) is 0 Å². The molecule has 1 atom stereocenters. The quantitative estimate of drug-likeness (QED) is 0.188. The van der Waals surface area contributed by atoms with Gasteiger partial charge >= 0.3 is 6.18 Å². The van der Waals surface area contributed by atoms with Gasteiger partial charge in [-0.1, -0.05) is 151 Å². The van der Waals surface area contributed by atoms with Crippen molar-refractivity contribution in [3.63, 3.8) is 0 Å². The Labute approximate surface area is 351 Å². The van der Waals surface area contributed by atoms with Crippen molar-refractivity contribution in [3.8, 4) is 44.9 Å². The van der Waals surface area contributed by atoms with Crippen molar-refractivity contribution >= 4 is 11.7 Å². The van der Waals surface area contributed by atoms with E-state index in [-0.39, 0.29) is 0 Å². The Hall–Kier alpha value is -7.51. The fraction of sp³-hybridized carbons (Fsp3) is 0.0741. The zero-order chi connectivity index (χ0) is 41.3. The van der Waals surface area contributed by atoms with Gasteiger partial charge in [0.15, 0.2) is 6.17 Å². The maximum atomic E-state index is 13.7. The van der Waals surface area contributed by atoms with Crippen molar-refractivity contribution in [2.24, 2.45) is 9.98 Å². The number of hydrogen-bond donors (Lipinski definition) is 1. The summed E-state index contributed by atoms with van der Waals surface area (Å²) in [6, 6.07) is 61.4.